The summed E-state index contributed by atoms with van der Waals surface area (Å²) >= 11 is 0. The van der Waals surface area contributed by atoms with Crippen molar-refractivity contribution in [2.45, 2.75) is 68.2 Å². The summed E-state index contributed by atoms with van der Waals surface area (Å²) in [5, 5.41) is 0. The number of ether oxygens (including phenoxy) is 2. The number of carbonyl (C=O) groups excluding carboxylic acids is 2. The zero-order valence-corrected chi connectivity index (χ0v) is 19.5. The maximum Gasteiger partial charge on any atom is 0.316 e. The molecule has 4 heteroatoms. The second-order valence-corrected chi connectivity index (χ2v) is 9.21. The summed E-state index contributed by atoms with van der Waals surface area (Å²) in [5.74, 6) is 0.708. The van der Waals surface area contributed by atoms with Crippen LogP contribution in [0.1, 0.15) is 65.5 Å². The van der Waals surface area contributed by atoms with E-state index < -0.39 is 10.8 Å². The summed E-state index contributed by atoms with van der Waals surface area (Å²) in [4.78, 5) is 24.7. The lowest BCUT2D eigenvalue weighted by molar-refractivity contribution is -0.144. The Kier molecular flexibility index (Phi) is 7.12. The Bertz CT molecular complexity index is 861. The minimum atomic E-state index is -0.512. The van der Waals surface area contributed by atoms with Crippen LogP contribution in [0.5, 0.6) is 11.5 Å². The number of carbonyl (C=O) groups is 2. The van der Waals surface area contributed by atoms with Gasteiger partial charge in [0.15, 0.2) is 0 Å². The Hall–Kier alpha value is -2.62. The van der Waals surface area contributed by atoms with Gasteiger partial charge in [-0.3, -0.25) is 9.59 Å². The molecule has 2 aromatic rings. The maximum absolute atomic E-state index is 12.4. The summed E-state index contributed by atoms with van der Waals surface area (Å²) in [6, 6.07) is 11.6. The molecule has 0 unspecified atom stereocenters. The van der Waals surface area contributed by atoms with E-state index in [0.717, 1.165) is 22.3 Å². The Morgan fingerprint density at radius 1 is 0.700 bits per heavy atom. The van der Waals surface area contributed by atoms with E-state index >= 15 is 0 Å². The Balaban J connectivity index is 2.22. The fourth-order valence-electron chi connectivity index (χ4n) is 2.65. The summed E-state index contributed by atoms with van der Waals surface area (Å²) in [7, 11) is 0. The van der Waals surface area contributed by atoms with E-state index in [1.165, 1.54) is 0 Å². The molecule has 0 atom stereocenters. The second-order valence-electron chi connectivity index (χ2n) is 9.21. The molecule has 0 aromatic heterocycles. The van der Waals surface area contributed by atoms with E-state index in [9.17, 15) is 9.59 Å². The highest BCUT2D eigenvalue weighted by atomic mass is 16.5. The Morgan fingerprint density at radius 3 is 1.30 bits per heavy atom. The normalized spacial score (nSPS) is 11.9. The van der Waals surface area contributed by atoms with Gasteiger partial charge in [-0.25, -0.2) is 0 Å². The molecule has 162 valence electrons. The first-order valence-corrected chi connectivity index (χ1v) is 10.6. The van der Waals surface area contributed by atoms with Crippen LogP contribution in [0.2, 0.25) is 0 Å². The van der Waals surface area contributed by atoms with Crippen LogP contribution in [-0.4, -0.2) is 11.9 Å². The lowest BCUT2D eigenvalue weighted by Crippen LogP contribution is -2.28. The van der Waals surface area contributed by atoms with Gasteiger partial charge < -0.3 is 9.47 Å². The van der Waals surface area contributed by atoms with Crippen molar-refractivity contribution in [1.29, 1.82) is 0 Å². The molecule has 0 fully saturated rings. The second kappa shape index (κ2) is 9.03. The summed E-state index contributed by atoms with van der Waals surface area (Å²) in [6.07, 6.45) is 1.43. The van der Waals surface area contributed by atoms with Crippen LogP contribution in [0.4, 0.5) is 0 Å². The van der Waals surface area contributed by atoms with Gasteiger partial charge in [-0.2, -0.15) is 0 Å². The third-order valence-corrected chi connectivity index (χ3v) is 5.96. The zero-order valence-electron chi connectivity index (χ0n) is 19.5. The fourth-order valence-corrected chi connectivity index (χ4v) is 2.65. The number of esters is 2. The van der Waals surface area contributed by atoms with Gasteiger partial charge in [-0.1, -0.05) is 26.0 Å². The average molecular weight is 411 g/mol. The topological polar surface area (TPSA) is 52.6 Å². The van der Waals surface area contributed by atoms with Crippen molar-refractivity contribution in [2.75, 3.05) is 0 Å². The first-order chi connectivity index (χ1) is 13.9. The van der Waals surface area contributed by atoms with Gasteiger partial charge in [0.2, 0.25) is 0 Å². The van der Waals surface area contributed by atoms with E-state index in [0.29, 0.717) is 24.3 Å². The van der Waals surface area contributed by atoms with Gasteiger partial charge in [0.1, 0.15) is 11.5 Å². The molecule has 2 aromatic carbocycles. The molecule has 0 saturated heterocycles. The van der Waals surface area contributed by atoms with Crippen molar-refractivity contribution in [3.05, 3.63) is 47.5 Å². The van der Waals surface area contributed by atoms with Gasteiger partial charge in [-0.05, 0) is 101 Å². The fraction of sp³-hybridized carbons (Fsp3) is 0.462. The number of hydrogen-bond donors (Lipinski definition) is 0. The quantitative estimate of drug-likeness (QED) is 0.378. The average Bonchev–Trinajstić information content (AvgIpc) is 2.70. The largest absolute Gasteiger partial charge is 0.426 e. The van der Waals surface area contributed by atoms with Crippen molar-refractivity contribution in [3.8, 4) is 22.6 Å². The van der Waals surface area contributed by atoms with Gasteiger partial charge >= 0.3 is 11.9 Å². The Morgan fingerprint density at radius 2 is 1.03 bits per heavy atom. The predicted octanol–water partition coefficient (Wildman–Crippen LogP) is 6.65. The van der Waals surface area contributed by atoms with Crippen molar-refractivity contribution in [3.63, 3.8) is 0 Å². The first kappa shape index (κ1) is 23.7. The molecule has 0 saturated carbocycles. The number of aryl methyl sites for hydroxylation is 2. The van der Waals surface area contributed by atoms with Gasteiger partial charge in [0, 0.05) is 0 Å². The third kappa shape index (κ3) is 5.29. The van der Waals surface area contributed by atoms with E-state index in [1.54, 1.807) is 0 Å². The van der Waals surface area contributed by atoms with Crippen LogP contribution in [0.25, 0.3) is 11.1 Å². The monoisotopic (exact) mass is 410 g/mol. The molecule has 0 amide bonds. The lowest BCUT2D eigenvalue weighted by Gasteiger charge is -2.21. The molecule has 0 aliphatic carbocycles. The molecule has 0 aliphatic rings. The van der Waals surface area contributed by atoms with Gasteiger partial charge in [0.25, 0.3) is 0 Å². The minimum absolute atomic E-state index is 0.224. The minimum Gasteiger partial charge on any atom is -0.426 e. The van der Waals surface area contributed by atoms with Crippen LogP contribution in [0, 0.1) is 24.7 Å². The van der Waals surface area contributed by atoms with Crippen molar-refractivity contribution < 1.29 is 19.1 Å². The molecule has 30 heavy (non-hydrogen) atoms. The van der Waals surface area contributed by atoms with E-state index in [2.05, 4.69) is 0 Å². The number of hydrogen-bond acceptors (Lipinski definition) is 4. The molecule has 0 aliphatic heterocycles. The Labute approximate surface area is 180 Å². The standard InChI is InChI=1S/C26H34O4/c1-9-25(5,6)23(27)29-21-13-11-19(15-17(21)3)20-12-14-22(18(4)16-20)30-24(28)26(7,8)10-2/h11-16H,9-10H2,1-8H3. The summed E-state index contributed by atoms with van der Waals surface area (Å²) in [6.45, 7) is 15.4. The SMILES string of the molecule is CCC(C)(C)C(=O)Oc1ccc(-c2ccc(OC(=O)C(C)(C)CC)c(C)c2)cc1C. The maximum atomic E-state index is 12.4. The summed E-state index contributed by atoms with van der Waals surface area (Å²) < 4.78 is 11.2. The molecule has 0 radical (unpaired) electrons. The highest BCUT2D eigenvalue weighted by molar-refractivity contribution is 5.80. The molecule has 4 nitrogen and oxygen atoms in total. The van der Waals surface area contributed by atoms with E-state index in [-0.39, 0.29) is 11.9 Å². The molecule has 0 heterocycles. The highest BCUT2D eigenvalue weighted by Crippen LogP contribution is 2.32. The predicted molar refractivity (Wildman–Crippen MR) is 121 cm³/mol. The number of benzene rings is 2. The van der Waals surface area contributed by atoms with Crippen LogP contribution in [0.3, 0.4) is 0 Å². The van der Waals surface area contributed by atoms with Gasteiger partial charge in [0.05, 0.1) is 10.8 Å². The third-order valence-electron chi connectivity index (χ3n) is 5.96. The molecule has 0 spiro atoms. The molecular formula is C26H34O4. The van der Waals surface area contributed by atoms with E-state index in [4.69, 9.17) is 9.47 Å². The van der Waals surface area contributed by atoms with E-state index in [1.807, 2.05) is 91.8 Å². The molecule has 0 bridgehead atoms. The van der Waals surface area contributed by atoms with Crippen molar-refractivity contribution in [1.82, 2.24) is 0 Å². The summed E-state index contributed by atoms with van der Waals surface area (Å²) in [5.41, 5.74) is 2.79. The van der Waals surface area contributed by atoms with Crippen LogP contribution in [-0.2, 0) is 9.59 Å². The van der Waals surface area contributed by atoms with Crippen molar-refractivity contribution >= 4 is 11.9 Å². The molecule has 0 N–H and O–H groups in total. The van der Waals surface area contributed by atoms with Gasteiger partial charge in [-0.15, -0.1) is 0 Å². The van der Waals surface area contributed by atoms with Crippen molar-refractivity contribution in [2.24, 2.45) is 10.8 Å². The first-order valence-electron chi connectivity index (χ1n) is 10.6. The smallest absolute Gasteiger partial charge is 0.316 e. The van der Waals surface area contributed by atoms with Crippen LogP contribution < -0.4 is 9.47 Å². The molecule has 2 rings (SSSR count). The number of rotatable bonds is 7. The highest BCUT2D eigenvalue weighted by Gasteiger charge is 2.29. The zero-order chi connectivity index (χ0) is 22.7. The lowest BCUT2D eigenvalue weighted by atomic mass is 9.90. The van der Waals surface area contributed by atoms with Crippen LogP contribution in [0.15, 0.2) is 36.4 Å². The molecular weight excluding hydrogens is 376 g/mol. The van der Waals surface area contributed by atoms with Crippen LogP contribution >= 0.6 is 0 Å².